The maximum atomic E-state index is 13.8. The average molecular weight is 520 g/mol. The number of fused-ring (bicyclic) bond motifs is 2. The first kappa shape index (κ1) is 27.6. The molecule has 3 amide bonds. The molecule has 1 spiro atoms. The van der Waals surface area contributed by atoms with Crippen LogP contribution in [0, 0.1) is 19.8 Å². The van der Waals surface area contributed by atoms with Gasteiger partial charge in [0, 0.05) is 55.0 Å². The van der Waals surface area contributed by atoms with Crippen molar-refractivity contribution in [1.29, 1.82) is 0 Å². The van der Waals surface area contributed by atoms with Crippen LogP contribution in [0.4, 0.5) is 4.79 Å². The predicted molar refractivity (Wildman–Crippen MR) is 149 cm³/mol. The molecule has 2 fully saturated rings. The summed E-state index contributed by atoms with van der Waals surface area (Å²) in [5.41, 5.74) is 5.65. The first-order chi connectivity index (χ1) is 18.1. The van der Waals surface area contributed by atoms with Gasteiger partial charge in [-0.25, -0.2) is 4.79 Å². The average Bonchev–Trinajstić information content (AvgIpc) is 2.98. The number of hydrogen-bond acceptors (Lipinski definition) is 4. The fourth-order valence-electron chi connectivity index (χ4n) is 6.46. The normalized spacial score (nSPS) is 21.4. The lowest BCUT2D eigenvalue weighted by Gasteiger charge is -2.44. The van der Waals surface area contributed by atoms with Crippen LogP contribution in [-0.2, 0) is 9.47 Å². The highest BCUT2D eigenvalue weighted by molar-refractivity contribution is 5.95. The number of carbonyl (C=O) groups is 2. The molecule has 1 aromatic rings. The number of allylic oxidation sites excluding steroid dienone is 3. The van der Waals surface area contributed by atoms with Gasteiger partial charge < -0.3 is 19.3 Å². The molecule has 0 bridgehead atoms. The Bertz CT molecular complexity index is 1210. The molecule has 0 unspecified atom stereocenters. The van der Waals surface area contributed by atoms with Crippen LogP contribution in [0.25, 0.3) is 0 Å². The van der Waals surface area contributed by atoms with Crippen molar-refractivity contribution in [2.75, 3.05) is 40.4 Å². The SMILES string of the molecule is C=C(/C=C(/OC)C1=C(C)CN2C(=O)N(CC)C3(CCN(C(=O)c4cc(C)cc(C)c4)CC3)C2=C[C@@H]1C)OC. The maximum Gasteiger partial charge on any atom is 0.325 e. The van der Waals surface area contributed by atoms with E-state index in [4.69, 9.17) is 9.47 Å². The summed E-state index contributed by atoms with van der Waals surface area (Å²) in [6, 6.07) is 6.04. The number of carbonyl (C=O) groups excluding carboxylic acids is 2. The summed E-state index contributed by atoms with van der Waals surface area (Å²) >= 11 is 0. The number of methoxy groups -OCH3 is 2. The molecule has 204 valence electrons. The molecular formula is C31H41N3O4. The van der Waals surface area contributed by atoms with E-state index < -0.39 is 5.54 Å². The molecule has 0 aromatic heterocycles. The van der Waals surface area contributed by atoms with Crippen LogP contribution in [-0.4, -0.2) is 72.6 Å². The number of likely N-dealkylation sites (N-methyl/N-ethyl adjacent to an activating group) is 1. The molecule has 7 heteroatoms. The lowest BCUT2D eigenvalue weighted by atomic mass is 9.81. The molecule has 0 saturated carbocycles. The van der Waals surface area contributed by atoms with Crippen molar-refractivity contribution in [2.45, 2.75) is 53.0 Å². The van der Waals surface area contributed by atoms with Gasteiger partial charge in [0.1, 0.15) is 11.5 Å². The van der Waals surface area contributed by atoms with Crippen molar-refractivity contribution in [3.63, 3.8) is 0 Å². The third kappa shape index (κ3) is 4.74. The molecule has 0 aliphatic carbocycles. The zero-order valence-corrected chi connectivity index (χ0v) is 23.9. The molecule has 3 heterocycles. The van der Waals surface area contributed by atoms with Crippen molar-refractivity contribution in [2.24, 2.45) is 5.92 Å². The van der Waals surface area contributed by atoms with Crippen molar-refractivity contribution < 1.29 is 19.1 Å². The molecule has 3 aliphatic rings. The van der Waals surface area contributed by atoms with Crippen LogP contribution < -0.4 is 0 Å². The number of aryl methyl sites for hydroxylation is 2. The van der Waals surface area contributed by atoms with Gasteiger partial charge in [0.25, 0.3) is 5.91 Å². The molecule has 2 saturated heterocycles. The summed E-state index contributed by atoms with van der Waals surface area (Å²) in [6.07, 6.45) is 5.44. The second kappa shape index (κ2) is 10.7. The Morgan fingerprint density at radius 3 is 2.29 bits per heavy atom. The first-order valence-electron chi connectivity index (χ1n) is 13.4. The topological polar surface area (TPSA) is 62.3 Å². The number of benzene rings is 1. The zero-order valence-electron chi connectivity index (χ0n) is 23.9. The number of urea groups is 1. The van der Waals surface area contributed by atoms with E-state index in [0.717, 1.165) is 33.5 Å². The summed E-state index contributed by atoms with van der Waals surface area (Å²) in [4.78, 5) is 33.0. The quantitative estimate of drug-likeness (QED) is 0.364. The number of nitrogens with zero attached hydrogens (tertiary/aromatic N) is 3. The smallest absolute Gasteiger partial charge is 0.325 e. The van der Waals surface area contributed by atoms with E-state index in [1.165, 1.54) is 0 Å². The van der Waals surface area contributed by atoms with E-state index in [2.05, 4.69) is 32.6 Å². The monoisotopic (exact) mass is 519 g/mol. The molecule has 0 N–H and O–H groups in total. The minimum atomic E-state index is -0.428. The summed E-state index contributed by atoms with van der Waals surface area (Å²) in [6.45, 7) is 16.5. The minimum Gasteiger partial charge on any atom is -0.497 e. The second-order valence-electron chi connectivity index (χ2n) is 10.7. The first-order valence-corrected chi connectivity index (χ1v) is 13.4. The van der Waals surface area contributed by atoms with E-state index in [1.807, 2.05) is 47.6 Å². The molecule has 4 rings (SSSR count). The highest BCUT2D eigenvalue weighted by Crippen LogP contribution is 2.47. The Labute approximate surface area is 227 Å². The Balaban J connectivity index is 1.66. The van der Waals surface area contributed by atoms with Gasteiger partial charge >= 0.3 is 6.03 Å². The van der Waals surface area contributed by atoms with Crippen LogP contribution in [0.15, 0.2) is 65.3 Å². The second-order valence-corrected chi connectivity index (χ2v) is 10.7. The lowest BCUT2D eigenvalue weighted by Crippen LogP contribution is -2.54. The van der Waals surface area contributed by atoms with E-state index >= 15 is 0 Å². The maximum absolute atomic E-state index is 13.8. The largest absolute Gasteiger partial charge is 0.497 e. The van der Waals surface area contributed by atoms with Gasteiger partial charge in [0.15, 0.2) is 0 Å². The van der Waals surface area contributed by atoms with Crippen LogP contribution in [0.2, 0.25) is 0 Å². The van der Waals surface area contributed by atoms with Gasteiger partial charge in [0.05, 0.1) is 19.8 Å². The third-order valence-electron chi connectivity index (χ3n) is 8.17. The predicted octanol–water partition coefficient (Wildman–Crippen LogP) is 5.58. The highest BCUT2D eigenvalue weighted by atomic mass is 16.5. The van der Waals surface area contributed by atoms with Crippen molar-refractivity contribution >= 4 is 11.9 Å². The standard InChI is InChI=1S/C31H41N3O4/c1-9-34-30(36)33-19-23(5)28(26(38-8)18-24(6)37-7)22(4)17-27(33)31(34)10-12-32(13-11-31)29(35)25-15-20(2)14-21(3)16-25/h14-18,22H,6,9-13,19H2,1-5,7-8H3/b26-18+/t22-/m0/s1. The Morgan fingerprint density at radius 2 is 1.74 bits per heavy atom. The Kier molecular flexibility index (Phi) is 7.77. The Morgan fingerprint density at radius 1 is 1.11 bits per heavy atom. The number of hydrogen-bond donors (Lipinski definition) is 0. The summed E-state index contributed by atoms with van der Waals surface area (Å²) in [5, 5.41) is 0. The summed E-state index contributed by atoms with van der Waals surface area (Å²) < 4.78 is 11.0. The molecule has 1 atom stereocenters. The van der Waals surface area contributed by atoms with Gasteiger partial charge in [-0.05, 0) is 58.2 Å². The summed E-state index contributed by atoms with van der Waals surface area (Å²) in [7, 11) is 3.23. The van der Waals surface area contributed by atoms with E-state index in [1.54, 1.807) is 20.3 Å². The zero-order chi connectivity index (χ0) is 27.8. The molecular weight excluding hydrogens is 478 g/mol. The van der Waals surface area contributed by atoms with Crippen LogP contribution in [0.5, 0.6) is 0 Å². The van der Waals surface area contributed by atoms with E-state index in [0.29, 0.717) is 50.5 Å². The lowest BCUT2D eigenvalue weighted by molar-refractivity contribution is 0.0575. The highest BCUT2D eigenvalue weighted by Gasteiger charge is 2.55. The van der Waals surface area contributed by atoms with E-state index in [9.17, 15) is 9.59 Å². The van der Waals surface area contributed by atoms with Gasteiger partial charge in [-0.15, -0.1) is 0 Å². The number of piperidine rings is 1. The molecule has 3 aliphatic heterocycles. The van der Waals surface area contributed by atoms with Gasteiger partial charge in [-0.3, -0.25) is 9.69 Å². The number of rotatable bonds is 6. The van der Waals surface area contributed by atoms with Gasteiger partial charge in [0.2, 0.25) is 0 Å². The third-order valence-corrected chi connectivity index (χ3v) is 8.17. The minimum absolute atomic E-state index is 0.0160. The molecule has 38 heavy (non-hydrogen) atoms. The Hall–Kier alpha value is -3.48. The fraction of sp³-hybridized carbons (Fsp3) is 0.484. The van der Waals surface area contributed by atoms with Crippen LogP contribution >= 0.6 is 0 Å². The molecule has 7 nitrogen and oxygen atoms in total. The number of likely N-dealkylation sites (tertiary alicyclic amines) is 1. The van der Waals surface area contributed by atoms with Crippen molar-refractivity contribution in [3.8, 4) is 0 Å². The van der Waals surface area contributed by atoms with E-state index in [-0.39, 0.29) is 17.9 Å². The van der Waals surface area contributed by atoms with Crippen molar-refractivity contribution in [1.82, 2.24) is 14.7 Å². The fourth-order valence-corrected chi connectivity index (χ4v) is 6.46. The van der Waals surface area contributed by atoms with Gasteiger partial charge in [-0.1, -0.05) is 36.8 Å². The molecule has 0 radical (unpaired) electrons. The number of ether oxygens (including phenoxy) is 2. The van der Waals surface area contributed by atoms with Gasteiger partial charge in [-0.2, -0.15) is 0 Å². The molecule has 1 aromatic carbocycles. The van der Waals surface area contributed by atoms with Crippen molar-refractivity contribution in [3.05, 3.63) is 82.0 Å². The van der Waals surface area contributed by atoms with Crippen LogP contribution in [0.3, 0.4) is 0 Å². The summed E-state index contributed by atoms with van der Waals surface area (Å²) in [5.74, 6) is 1.29. The number of amides is 3. The van der Waals surface area contributed by atoms with Crippen LogP contribution in [0.1, 0.15) is 55.1 Å².